The van der Waals surface area contributed by atoms with Gasteiger partial charge in [0.25, 0.3) is 0 Å². The minimum atomic E-state index is 0.321. The maximum absolute atomic E-state index is 6.23. The van der Waals surface area contributed by atoms with Crippen molar-refractivity contribution in [3.05, 3.63) is 11.6 Å². The van der Waals surface area contributed by atoms with E-state index in [1.165, 1.54) is 29.9 Å². The zero-order valence-corrected chi connectivity index (χ0v) is 8.94. The number of allylic oxidation sites excluding steroid dienone is 1. The van der Waals surface area contributed by atoms with Gasteiger partial charge in [-0.15, -0.1) is 0 Å². The molecule has 1 aliphatic heterocycles. The van der Waals surface area contributed by atoms with E-state index in [1.807, 2.05) is 18.8 Å². The van der Waals surface area contributed by atoms with Gasteiger partial charge in [-0.2, -0.15) is 11.8 Å². The third-order valence-electron chi connectivity index (χ3n) is 3.22. The van der Waals surface area contributed by atoms with E-state index in [4.69, 9.17) is 5.73 Å². The monoisotopic (exact) mass is 198 g/mol. The van der Waals surface area contributed by atoms with Gasteiger partial charge in [0.05, 0.1) is 0 Å². The summed E-state index contributed by atoms with van der Waals surface area (Å²) in [5.74, 6) is 3.10. The van der Waals surface area contributed by atoms with Gasteiger partial charge in [-0.05, 0) is 25.6 Å². The molecule has 3 heteroatoms. The Kier molecular flexibility index (Phi) is 2.96. The molecule has 1 fully saturated rings. The average Bonchev–Trinajstić information content (AvgIpc) is 2.47. The summed E-state index contributed by atoms with van der Waals surface area (Å²) in [4.78, 5) is 0. The minimum Gasteiger partial charge on any atom is -0.324 e. The molecule has 2 nitrogen and oxygen atoms in total. The quantitative estimate of drug-likeness (QED) is 0.664. The SMILES string of the molecule is CNC1CSCC1C(N)C1=CCC1. The average molecular weight is 198 g/mol. The third kappa shape index (κ3) is 1.78. The van der Waals surface area contributed by atoms with Gasteiger partial charge in [-0.3, -0.25) is 0 Å². The van der Waals surface area contributed by atoms with E-state index in [2.05, 4.69) is 11.4 Å². The van der Waals surface area contributed by atoms with Crippen molar-refractivity contribution in [1.29, 1.82) is 0 Å². The van der Waals surface area contributed by atoms with Crippen molar-refractivity contribution in [3.8, 4) is 0 Å². The van der Waals surface area contributed by atoms with Crippen LogP contribution in [0, 0.1) is 5.92 Å². The first kappa shape index (κ1) is 9.56. The van der Waals surface area contributed by atoms with Crippen LogP contribution < -0.4 is 11.1 Å². The summed E-state index contributed by atoms with van der Waals surface area (Å²) in [6.07, 6.45) is 4.78. The molecule has 2 rings (SSSR count). The molecule has 0 saturated carbocycles. The largest absolute Gasteiger partial charge is 0.324 e. The predicted octanol–water partition coefficient (Wildman–Crippen LogP) is 0.985. The van der Waals surface area contributed by atoms with E-state index < -0.39 is 0 Å². The van der Waals surface area contributed by atoms with Crippen LogP contribution in [0.2, 0.25) is 0 Å². The lowest BCUT2D eigenvalue weighted by atomic mass is 9.83. The molecule has 0 bridgehead atoms. The van der Waals surface area contributed by atoms with E-state index in [0.29, 0.717) is 18.0 Å². The van der Waals surface area contributed by atoms with Crippen LogP contribution in [0.1, 0.15) is 12.8 Å². The zero-order valence-electron chi connectivity index (χ0n) is 8.12. The highest BCUT2D eigenvalue weighted by atomic mass is 32.2. The summed E-state index contributed by atoms with van der Waals surface area (Å²) < 4.78 is 0. The molecule has 3 N–H and O–H groups in total. The second kappa shape index (κ2) is 4.03. The fourth-order valence-corrected chi connectivity index (χ4v) is 3.63. The molecule has 0 spiro atoms. The van der Waals surface area contributed by atoms with Crippen LogP contribution in [0.5, 0.6) is 0 Å². The summed E-state index contributed by atoms with van der Waals surface area (Å²) in [5.41, 5.74) is 7.72. The van der Waals surface area contributed by atoms with Crippen molar-refractivity contribution < 1.29 is 0 Å². The van der Waals surface area contributed by atoms with Crippen molar-refractivity contribution in [1.82, 2.24) is 5.32 Å². The molecular formula is C10H18N2S. The predicted molar refractivity (Wildman–Crippen MR) is 59.0 cm³/mol. The summed E-state index contributed by atoms with van der Waals surface area (Å²) in [5, 5.41) is 3.37. The van der Waals surface area contributed by atoms with Crippen LogP contribution in [0.3, 0.4) is 0 Å². The van der Waals surface area contributed by atoms with Gasteiger partial charge < -0.3 is 11.1 Å². The normalized spacial score (nSPS) is 35.4. The van der Waals surface area contributed by atoms with Gasteiger partial charge >= 0.3 is 0 Å². The van der Waals surface area contributed by atoms with Gasteiger partial charge in [0.15, 0.2) is 0 Å². The Labute approximate surface area is 84.3 Å². The maximum atomic E-state index is 6.23. The van der Waals surface area contributed by atoms with E-state index in [0.717, 1.165) is 0 Å². The number of hydrogen-bond donors (Lipinski definition) is 2. The number of rotatable bonds is 3. The second-order valence-corrected chi connectivity index (χ2v) is 5.01. The Hall–Kier alpha value is 0.0100. The second-order valence-electron chi connectivity index (χ2n) is 3.94. The molecule has 3 atom stereocenters. The summed E-state index contributed by atoms with van der Waals surface area (Å²) in [6, 6.07) is 0.947. The number of nitrogens with two attached hydrogens (primary N) is 1. The summed E-state index contributed by atoms with van der Waals surface area (Å²) >= 11 is 2.03. The molecule has 13 heavy (non-hydrogen) atoms. The number of nitrogens with one attached hydrogen (secondary N) is 1. The van der Waals surface area contributed by atoms with Crippen LogP contribution in [-0.2, 0) is 0 Å². The molecule has 3 unspecified atom stereocenters. The Morgan fingerprint density at radius 3 is 2.92 bits per heavy atom. The first-order chi connectivity index (χ1) is 6.33. The Balaban J connectivity index is 1.98. The maximum Gasteiger partial charge on any atom is 0.0305 e. The van der Waals surface area contributed by atoms with E-state index in [1.54, 1.807) is 0 Å². The van der Waals surface area contributed by atoms with Gasteiger partial charge in [0, 0.05) is 23.8 Å². The van der Waals surface area contributed by atoms with Crippen molar-refractivity contribution in [2.24, 2.45) is 11.7 Å². The molecule has 1 heterocycles. The van der Waals surface area contributed by atoms with Crippen LogP contribution >= 0.6 is 11.8 Å². The van der Waals surface area contributed by atoms with Crippen LogP contribution in [0.25, 0.3) is 0 Å². The first-order valence-corrected chi connectivity index (χ1v) is 6.18. The summed E-state index contributed by atoms with van der Waals surface area (Å²) in [6.45, 7) is 0. The Bertz CT molecular complexity index is 215. The van der Waals surface area contributed by atoms with E-state index in [9.17, 15) is 0 Å². The minimum absolute atomic E-state index is 0.321. The molecule has 0 aromatic heterocycles. The lowest BCUT2D eigenvalue weighted by molar-refractivity contribution is 0.398. The Morgan fingerprint density at radius 1 is 1.62 bits per heavy atom. The lowest BCUT2D eigenvalue weighted by Crippen LogP contribution is -2.44. The van der Waals surface area contributed by atoms with Crippen molar-refractivity contribution >= 4 is 11.8 Å². The molecule has 2 aliphatic rings. The number of thioether (sulfide) groups is 1. The zero-order chi connectivity index (χ0) is 9.26. The highest BCUT2D eigenvalue weighted by Gasteiger charge is 2.33. The smallest absolute Gasteiger partial charge is 0.0305 e. The molecule has 0 aromatic carbocycles. The van der Waals surface area contributed by atoms with Crippen LogP contribution in [0.15, 0.2) is 11.6 Å². The van der Waals surface area contributed by atoms with E-state index in [-0.39, 0.29) is 0 Å². The lowest BCUT2D eigenvalue weighted by Gasteiger charge is -2.30. The Morgan fingerprint density at radius 2 is 2.38 bits per heavy atom. The van der Waals surface area contributed by atoms with E-state index >= 15 is 0 Å². The van der Waals surface area contributed by atoms with Crippen molar-refractivity contribution in [2.45, 2.75) is 24.9 Å². The van der Waals surface area contributed by atoms with Gasteiger partial charge in [0.1, 0.15) is 0 Å². The highest BCUT2D eigenvalue weighted by Crippen LogP contribution is 2.32. The molecular weight excluding hydrogens is 180 g/mol. The molecule has 0 aromatic rings. The van der Waals surface area contributed by atoms with Crippen molar-refractivity contribution in [3.63, 3.8) is 0 Å². The van der Waals surface area contributed by atoms with Gasteiger partial charge in [0.2, 0.25) is 0 Å². The fraction of sp³-hybridized carbons (Fsp3) is 0.800. The van der Waals surface area contributed by atoms with Crippen LogP contribution in [0.4, 0.5) is 0 Å². The third-order valence-corrected chi connectivity index (χ3v) is 4.44. The van der Waals surface area contributed by atoms with Gasteiger partial charge in [-0.25, -0.2) is 0 Å². The number of hydrogen-bond acceptors (Lipinski definition) is 3. The molecule has 74 valence electrons. The standard InChI is InChI=1S/C10H18N2S/c1-12-9-6-13-5-8(9)10(11)7-3-2-4-7/h3,8-10,12H,2,4-6,11H2,1H3. The molecule has 0 radical (unpaired) electrons. The topological polar surface area (TPSA) is 38.0 Å². The van der Waals surface area contributed by atoms with Crippen LogP contribution in [-0.4, -0.2) is 30.6 Å². The highest BCUT2D eigenvalue weighted by molar-refractivity contribution is 7.99. The summed E-state index contributed by atoms with van der Waals surface area (Å²) in [7, 11) is 2.05. The first-order valence-electron chi connectivity index (χ1n) is 5.02. The van der Waals surface area contributed by atoms with Gasteiger partial charge in [-0.1, -0.05) is 11.6 Å². The molecule has 1 aliphatic carbocycles. The molecule has 0 amide bonds. The fourth-order valence-electron chi connectivity index (χ4n) is 2.11. The molecule has 1 saturated heterocycles. The van der Waals surface area contributed by atoms with Crippen molar-refractivity contribution in [2.75, 3.05) is 18.6 Å².